The van der Waals surface area contributed by atoms with Crippen LogP contribution in [0.25, 0.3) is 0 Å². The summed E-state index contributed by atoms with van der Waals surface area (Å²) in [5.74, 6) is -1.20. The van der Waals surface area contributed by atoms with Gasteiger partial charge in [0.25, 0.3) is 5.91 Å². The fourth-order valence-corrected chi connectivity index (χ4v) is 4.73. The van der Waals surface area contributed by atoms with Crippen LogP contribution in [0, 0.1) is 0 Å². The molecule has 3 heterocycles. The van der Waals surface area contributed by atoms with Crippen molar-refractivity contribution in [3.8, 4) is 0 Å². The first kappa shape index (κ1) is 22.7. The second kappa shape index (κ2) is 10.9. The van der Waals surface area contributed by atoms with E-state index in [2.05, 4.69) is 20.9 Å². The summed E-state index contributed by atoms with van der Waals surface area (Å²) < 4.78 is 5.61. The number of hydrogen-bond donors (Lipinski definition) is 3. The van der Waals surface area contributed by atoms with Crippen LogP contribution < -0.4 is 16.0 Å². The van der Waals surface area contributed by atoms with Crippen molar-refractivity contribution >= 4 is 29.1 Å². The number of furan rings is 1. The van der Waals surface area contributed by atoms with E-state index in [0.29, 0.717) is 16.2 Å². The Kier molecular flexibility index (Phi) is 7.51. The van der Waals surface area contributed by atoms with Gasteiger partial charge in [0.15, 0.2) is 0 Å². The minimum absolute atomic E-state index is 0.125. The largest absolute Gasteiger partial charge is 0.467 e. The molecule has 4 rings (SSSR count). The maximum absolute atomic E-state index is 13.4. The molecule has 3 amide bonds. The van der Waals surface area contributed by atoms with Gasteiger partial charge < -0.3 is 20.4 Å². The number of nitrogens with zero attached hydrogens (tertiary/aromatic N) is 1. The van der Waals surface area contributed by atoms with E-state index in [-0.39, 0.29) is 24.4 Å². The first-order valence-electron chi connectivity index (χ1n) is 11.0. The van der Waals surface area contributed by atoms with Crippen molar-refractivity contribution in [2.24, 2.45) is 0 Å². The summed E-state index contributed by atoms with van der Waals surface area (Å²) in [6.07, 6.45) is 8.81. The van der Waals surface area contributed by atoms with Gasteiger partial charge in [-0.2, -0.15) is 0 Å². The van der Waals surface area contributed by atoms with Crippen molar-refractivity contribution in [2.45, 2.75) is 43.7 Å². The lowest BCUT2D eigenvalue weighted by molar-refractivity contribution is -0.125. The Hall–Kier alpha value is -3.46. The molecule has 8 nitrogen and oxygen atoms in total. The molecule has 1 fully saturated rings. The van der Waals surface area contributed by atoms with Crippen LogP contribution in [0.15, 0.2) is 64.9 Å². The summed E-state index contributed by atoms with van der Waals surface area (Å²) in [7, 11) is 0. The number of aromatic nitrogens is 1. The third-order valence-corrected chi connectivity index (χ3v) is 6.57. The molecule has 33 heavy (non-hydrogen) atoms. The molecule has 1 aliphatic carbocycles. The maximum atomic E-state index is 13.4. The summed E-state index contributed by atoms with van der Waals surface area (Å²) in [4.78, 5) is 43.1. The molecule has 0 bridgehead atoms. The standard InChI is InChI=1S/C24H26N4O4S/c29-20(15-26-23(30)19-8-4-14-33-19)28-22(18-7-3-13-32-18)21(16-9-11-25-12-10-16)24(31)27-17-5-1-2-6-17/h3-4,7-14,17,21-22H,1-2,5-6,15H2,(H,26,30)(H,27,31)(H,28,29). The SMILES string of the molecule is O=C(CNC(=O)c1cccs1)NC(c1ccco1)C(C(=O)NC1CCCC1)c1ccncc1. The van der Waals surface area contributed by atoms with Crippen molar-refractivity contribution in [1.82, 2.24) is 20.9 Å². The number of carbonyl (C=O) groups excluding carboxylic acids is 3. The van der Waals surface area contributed by atoms with E-state index in [1.54, 1.807) is 54.2 Å². The van der Waals surface area contributed by atoms with Gasteiger partial charge in [-0.3, -0.25) is 19.4 Å². The fraction of sp³-hybridized carbons (Fsp3) is 0.333. The van der Waals surface area contributed by atoms with Crippen LogP contribution in [-0.4, -0.2) is 35.3 Å². The zero-order chi connectivity index (χ0) is 23.0. The average Bonchev–Trinajstić information content (AvgIpc) is 3.61. The van der Waals surface area contributed by atoms with E-state index in [4.69, 9.17) is 4.42 Å². The van der Waals surface area contributed by atoms with E-state index < -0.39 is 17.9 Å². The molecule has 9 heteroatoms. The third-order valence-electron chi connectivity index (χ3n) is 5.70. The van der Waals surface area contributed by atoms with E-state index >= 15 is 0 Å². The van der Waals surface area contributed by atoms with Crippen LogP contribution >= 0.6 is 11.3 Å². The Balaban J connectivity index is 1.53. The lowest BCUT2D eigenvalue weighted by Crippen LogP contribution is -2.45. The van der Waals surface area contributed by atoms with Crippen LogP contribution in [0.3, 0.4) is 0 Å². The molecule has 3 aromatic rings. The minimum atomic E-state index is -0.755. The molecule has 3 aromatic heterocycles. The Labute approximate surface area is 195 Å². The lowest BCUT2D eigenvalue weighted by atomic mass is 9.89. The number of nitrogens with one attached hydrogen (secondary N) is 3. The molecule has 2 unspecified atom stereocenters. The molecule has 0 aromatic carbocycles. The van der Waals surface area contributed by atoms with E-state index in [0.717, 1.165) is 25.7 Å². The highest BCUT2D eigenvalue weighted by molar-refractivity contribution is 7.12. The summed E-state index contributed by atoms with van der Waals surface area (Å²) >= 11 is 1.30. The van der Waals surface area contributed by atoms with Gasteiger partial charge >= 0.3 is 0 Å². The van der Waals surface area contributed by atoms with Crippen LogP contribution in [0.4, 0.5) is 0 Å². The molecule has 0 spiro atoms. The lowest BCUT2D eigenvalue weighted by Gasteiger charge is -2.27. The summed E-state index contributed by atoms with van der Waals surface area (Å²) in [6.45, 7) is -0.221. The van der Waals surface area contributed by atoms with Gasteiger partial charge in [-0.1, -0.05) is 18.9 Å². The predicted octanol–water partition coefficient (Wildman–Crippen LogP) is 3.17. The first-order valence-corrected chi connectivity index (χ1v) is 11.8. The number of thiophene rings is 1. The Morgan fingerprint density at radius 1 is 1.09 bits per heavy atom. The quantitative estimate of drug-likeness (QED) is 0.448. The van der Waals surface area contributed by atoms with Crippen LogP contribution in [0.5, 0.6) is 0 Å². The van der Waals surface area contributed by atoms with Crippen molar-refractivity contribution in [3.63, 3.8) is 0 Å². The van der Waals surface area contributed by atoms with Gasteiger partial charge in [-0.25, -0.2) is 0 Å². The van der Waals surface area contributed by atoms with E-state index in [1.807, 2.05) is 0 Å². The molecular weight excluding hydrogens is 440 g/mol. The maximum Gasteiger partial charge on any atom is 0.261 e. The summed E-state index contributed by atoms with van der Waals surface area (Å²) in [6, 6.07) is 9.80. The van der Waals surface area contributed by atoms with Gasteiger partial charge in [0.2, 0.25) is 11.8 Å². The van der Waals surface area contributed by atoms with Gasteiger partial charge in [0, 0.05) is 18.4 Å². The number of hydrogen-bond acceptors (Lipinski definition) is 6. The van der Waals surface area contributed by atoms with E-state index in [1.165, 1.54) is 17.6 Å². The highest BCUT2D eigenvalue weighted by Gasteiger charge is 2.35. The smallest absolute Gasteiger partial charge is 0.261 e. The number of carbonyl (C=O) groups is 3. The van der Waals surface area contributed by atoms with Gasteiger partial charge in [-0.15, -0.1) is 11.3 Å². The molecule has 0 aliphatic heterocycles. The van der Waals surface area contributed by atoms with Gasteiger partial charge in [0.05, 0.1) is 23.6 Å². The topological polar surface area (TPSA) is 113 Å². The summed E-state index contributed by atoms with van der Waals surface area (Å²) in [5, 5.41) is 10.5. The second-order valence-electron chi connectivity index (χ2n) is 7.97. The highest BCUT2D eigenvalue weighted by atomic mass is 32.1. The zero-order valence-corrected chi connectivity index (χ0v) is 18.8. The van der Waals surface area contributed by atoms with Crippen molar-refractivity contribution in [1.29, 1.82) is 0 Å². The molecule has 0 radical (unpaired) electrons. The zero-order valence-electron chi connectivity index (χ0n) is 18.0. The number of rotatable bonds is 9. The Morgan fingerprint density at radius 3 is 2.55 bits per heavy atom. The van der Waals surface area contributed by atoms with Gasteiger partial charge in [0.1, 0.15) is 11.8 Å². The van der Waals surface area contributed by atoms with Gasteiger partial charge in [-0.05, 0) is 54.1 Å². The van der Waals surface area contributed by atoms with E-state index in [9.17, 15) is 14.4 Å². The molecule has 2 atom stereocenters. The molecule has 1 aliphatic rings. The number of pyridine rings is 1. The third kappa shape index (κ3) is 5.87. The fourth-order valence-electron chi connectivity index (χ4n) is 4.09. The average molecular weight is 467 g/mol. The molecule has 0 saturated heterocycles. The van der Waals surface area contributed by atoms with Crippen molar-refractivity contribution < 1.29 is 18.8 Å². The molecule has 172 valence electrons. The number of amides is 3. The molecular formula is C24H26N4O4S. The Bertz CT molecular complexity index is 1050. The second-order valence-corrected chi connectivity index (χ2v) is 8.92. The normalized spacial score (nSPS) is 15.5. The van der Waals surface area contributed by atoms with Crippen molar-refractivity contribution in [3.05, 3.63) is 76.6 Å². The van der Waals surface area contributed by atoms with Crippen molar-refractivity contribution in [2.75, 3.05) is 6.54 Å². The Morgan fingerprint density at radius 2 is 1.88 bits per heavy atom. The minimum Gasteiger partial charge on any atom is -0.467 e. The first-order chi connectivity index (χ1) is 16.1. The molecule has 3 N–H and O–H groups in total. The monoisotopic (exact) mass is 466 g/mol. The summed E-state index contributed by atoms with van der Waals surface area (Å²) in [5.41, 5.74) is 0.713. The predicted molar refractivity (Wildman–Crippen MR) is 124 cm³/mol. The highest BCUT2D eigenvalue weighted by Crippen LogP contribution is 2.32. The van der Waals surface area contributed by atoms with Crippen LogP contribution in [0.1, 0.15) is 58.6 Å². The van der Waals surface area contributed by atoms with Crippen LogP contribution in [0.2, 0.25) is 0 Å². The molecule has 1 saturated carbocycles. The van der Waals surface area contributed by atoms with Crippen LogP contribution in [-0.2, 0) is 9.59 Å².